The van der Waals surface area contributed by atoms with Gasteiger partial charge in [-0.3, -0.25) is 4.79 Å². The minimum Gasteiger partial charge on any atom is -0.388 e. The molecule has 2 aromatic carbocycles. The summed E-state index contributed by atoms with van der Waals surface area (Å²) in [5, 5.41) is 3.14. The van der Waals surface area contributed by atoms with Gasteiger partial charge in [0, 0.05) is 29.6 Å². The number of hydrogen-bond donors (Lipinski definition) is 1. The third kappa shape index (κ3) is 3.00. The number of anilines is 1. The lowest BCUT2D eigenvalue weighted by atomic mass is 9.97. The molecular weight excluding hydrogens is 314 g/mol. The molecule has 0 aliphatic carbocycles. The molecule has 122 valence electrons. The van der Waals surface area contributed by atoms with Crippen molar-refractivity contribution in [2.24, 2.45) is 0 Å². The van der Waals surface area contributed by atoms with Gasteiger partial charge < -0.3 is 5.32 Å². The number of nitrogens with one attached hydrogen (secondary N) is 1. The molecule has 2 nitrogen and oxygen atoms in total. The van der Waals surface area contributed by atoms with Crippen molar-refractivity contribution in [3.63, 3.8) is 0 Å². The lowest BCUT2D eigenvalue weighted by Crippen LogP contribution is -1.95. The zero-order chi connectivity index (χ0) is 17.1. The Kier molecular flexibility index (Phi) is 4.81. The van der Waals surface area contributed by atoms with Gasteiger partial charge >= 0.3 is 0 Å². The number of benzene rings is 2. The second-order valence-electron chi connectivity index (χ2n) is 5.73. The molecule has 0 saturated carbocycles. The first-order valence-electron chi connectivity index (χ1n) is 8.16. The van der Waals surface area contributed by atoms with Crippen LogP contribution in [-0.2, 0) is 0 Å². The molecule has 0 aliphatic heterocycles. The van der Waals surface area contributed by atoms with Gasteiger partial charge in [-0.15, -0.1) is 11.3 Å². The Morgan fingerprint density at radius 1 is 1.00 bits per heavy atom. The molecule has 0 radical (unpaired) electrons. The van der Waals surface area contributed by atoms with Crippen LogP contribution in [0.1, 0.15) is 28.6 Å². The Morgan fingerprint density at radius 3 is 2.25 bits per heavy atom. The molecule has 3 heteroatoms. The summed E-state index contributed by atoms with van der Waals surface area (Å²) < 4.78 is 0. The van der Waals surface area contributed by atoms with E-state index >= 15 is 0 Å². The van der Waals surface area contributed by atoms with Crippen LogP contribution in [0, 0.1) is 6.92 Å². The summed E-state index contributed by atoms with van der Waals surface area (Å²) in [6.07, 6.45) is 0.526. The van der Waals surface area contributed by atoms with Crippen LogP contribution in [-0.4, -0.2) is 12.8 Å². The number of carbonyl (C=O) groups excluding carboxylic acids is 1. The van der Waals surface area contributed by atoms with E-state index in [1.54, 1.807) is 11.3 Å². The molecule has 0 spiro atoms. The lowest BCUT2D eigenvalue weighted by Gasteiger charge is -2.06. The fourth-order valence-corrected chi connectivity index (χ4v) is 4.23. The van der Waals surface area contributed by atoms with Crippen molar-refractivity contribution in [3.8, 4) is 21.6 Å². The first kappa shape index (κ1) is 16.5. The highest BCUT2D eigenvalue weighted by Crippen LogP contribution is 2.42. The molecule has 0 amide bonds. The van der Waals surface area contributed by atoms with E-state index in [1.807, 2.05) is 32.2 Å². The normalized spacial score (nSPS) is 10.6. The van der Waals surface area contributed by atoms with Crippen molar-refractivity contribution in [1.82, 2.24) is 0 Å². The van der Waals surface area contributed by atoms with Crippen LogP contribution in [0.3, 0.4) is 0 Å². The maximum Gasteiger partial charge on any atom is 0.173 e. The van der Waals surface area contributed by atoms with E-state index in [2.05, 4.69) is 48.6 Å². The van der Waals surface area contributed by atoms with Crippen molar-refractivity contribution in [3.05, 3.63) is 65.0 Å². The average Bonchev–Trinajstić information content (AvgIpc) is 2.99. The van der Waals surface area contributed by atoms with Crippen LogP contribution in [0.2, 0.25) is 0 Å². The Labute approximate surface area is 147 Å². The van der Waals surface area contributed by atoms with Gasteiger partial charge in [0.2, 0.25) is 0 Å². The molecule has 1 aromatic heterocycles. The summed E-state index contributed by atoms with van der Waals surface area (Å²) in [7, 11) is 1.91. The highest BCUT2D eigenvalue weighted by molar-refractivity contribution is 7.18. The summed E-state index contributed by atoms with van der Waals surface area (Å²) >= 11 is 1.61. The molecule has 24 heavy (non-hydrogen) atoms. The van der Waals surface area contributed by atoms with Gasteiger partial charge in [0.25, 0.3) is 0 Å². The third-order valence-corrected chi connectivity index (χ3v) is 5.60. The number of thiophene rings is 1. The molecule has 3 aromatic rings. The minimum atomic E-state index is 0.208. The molecule has 1 N–H and O–H groups in total. The highest BCUT2D eigenvalue weighted by atomic mass is 32.1. The van der Waals surface area contributed by atoms with Gasteiger partial charge in [0.15, 0.2) is 5.78 Å². The molecule has 1 heterocycles. The second-order valence-corrected chi connectivity index (χ2v) is 6.75. The first-order chi connectivity index (χ1) is 11.7. The van der Waals surface area contributed by atoms with Gasteiger partial charge in [-0.05, 0) is 35.7 Å². The van der Waals surface area contributed by atoms with Crippen LogP contribution >= 0.6 is 11.3 Å². The largest absolute Gasteiger partial charge is 0.388 e. The minimum absolute atomic E-state index is 0.208. The van der Waals surface area contributed by atoms with E-state index in [-0.39, 0.29) is 5.78 Å². The molecule has 0 fully saturated rings. The van der Waals surface area contributed by atoms with Crippen molar-refractivity contribution in [2.45, 2.75) is 20.3 Å². The monoisotopic (exact) mass is 335 g/mol. The standard InChI is InChI=1S/C21H21NOS/c1-4-18(23)21-19(15-8-6-5-7-9-15)14(2)20(24-21)16-10-12-17(22-3)13-11-16/h5-13,22H,4H2,1-3H3. The number of hydrogen-bond acceptors (Lipinski definition) is 3. The number of Topliss-reactive ketones (excluding diaryl/α,β-unsaturated/α-hetero) is 1. The fraction of sp³-hybridized carbons (Fsp3) is 0.190. The zero-order valence-electron chi connectivity index (χ0n) is 14.2. The molecular formula is C21H21NOS. The second kappa shape index (κ2) is 7.02. The van der Waals surface area contributed by atoms with Crippen molar-refractivity contribution in [2.75, 3.05) is 12.4 Å². The van der Waals surface area contributed by atoms with E-state index < -0.39 is 0 Å². The first-order valence-corrected chi connectivity index (χ1v) is 8.97. The quantitative estimate of drug-likeness (QED) is 0.577. The average molecular weight is 335 g/mol. The van der Waals surface area contributed by atoms with Crippen LogP contribution in [0.25, 0.3) is 21.6 Å². The van der Waals surface area contributed by atoms with E-state index in [0.717, 1.165) is 27.3 Å². The summed E-state index contributed by atoms with van der Waals surface area (Å²) in [6, 6.07) is 18.6. The summed E-state index contributed by atoms with van der Waals surface area (Å²) in [4.78, 5) is 14.5. The molecule has 0 saturated heterocycles. The highest BCUT2D eigenvalue weighted by Gasteiger charge is 2.21. The van der Waals surface area contributed by atoms with Gasteiger partial charge in [-0.1, -0.05) is 49.4 Å². The molecule has 3 rings (SSSR count). The maximum atomic E-state index is 12.5. The summed E-state index contributed by atoms with van der Waals surface area (Å²) in [6.45, 7) is 4.04. The van der Waals surface area contributed by atoms with Crippen LogP contribution in [0.5, 0.6) is 0 Å². The summed E-state index contributed by atoms with van der Waals surface area (Å²) in [5.74, 6) is 0.208. The maximum absolute atomic E-state index is 12.5. The fourth-order valence-electron chi connectivity index (χ4n) is 2.89. The van der Waals surface area contributed by atoms with Gasteiger partial charge in [-0.25, -0.2) is 0 Å². The number of rotatable bonds is 5. The zero-order valence-corrected chi connectivity index (χ0v) is 15.0. The number of ketones is 1. The van der Waals surface area contributed by atoms with Crippen molar-refractivity contribution in [1.29, 1.82) is 0 Å². The molecule has 0 atom stereocenters. The Hall–Kier alpha value is -2.39. The molecule has 0 aliphatic rings. The third-order valence-electron chi connectivity index (χ3n) is 4.22. The van der Waals surface area contributed by atoms with Crippen molar-refractivity contribution < 1.29 is 4.79 Å². The Bertz CT molecular complexity index is 848. The predicted octanol–water partition coefficient (Wildman–Crippen LogP) is 6.02. The van der Waals surface area contributed by atoms with E-state index in [9.17, 15) is 4.79 Å². The van der Waals surface area contributed by atoms with Gasteiger partial charge in [0.1, 0.15) is 0 Å². The number of carbonyl (C=O) groups is 1. The van der Waals surface area contributed by atoms with Gasteiger partial charge in [-0.2, -0.15) is 0 Å². The lowest BCUT2D eigenvalue weighted by molar-refractivity contribution is 0.0992. The van der Waals surface area contributed by atoms with Crippen LogP contribution in [0.15, 0.2) is 54.6 Å². The van der Waals surface area contributed by atoms with E-state index in [1.165, 1.54) is 10.4 Å². The predicted molar refractivity (Wildman–Crippen MR) is 104 cm³/mol. The summed E-state index contributed by atoms with van der Waals surface area (Å²) in [5.41, 5.74) is 5.62. The Balaban J connectivity index is 2.18. The molecule has 0 bridgehead atoms. The topological polar surface area (TPSA) is 29.1 Å². The van der Waals surface area contributed by atoms with Crippen molar-refractivity contribution >= 4 is 22.8 Å². The van der Waals surface area contributed by atoms with Gasteiger partial charge in [0.05, 0.1) is 4.88 Å². The smallest absolute Gasteiger partial charge is 0.173 e. The van der Waals surface area contributed by atoms with Crippen LogP contribution in [0.4, 0.5) is 5.69 Å². The SMILES string of the molecule is CCC(=O)c1sc(-c2ccc(NC)cc2)c(C)c1-c1ccccc1. The van der Waals surface area contributed by atoms with E-state index in [0.29, 0.717) is 6.42 Å². The Morgan fingerprint density at radius 2 is 1.67 bits per heavy atom. The molecule has 0 unspecified atom stereocenters. The van der Waals surface area contributed by atoms with Crippen LogP contribution < -0.4 is 5.32 Å². The van der Waals surface area contributed by atoms with E-state index in [4.69, 9.17) is 0 Å².